The molecule has 1 aliphatic heterocycles. The molecule has 0 bridgehead atoms. The van der Waals surface area contributed by atoms with Crippen molar-refractivity contribution in [3.05, 3.63) is 27.8 Å². The van der Waals surface area contributed by atoms with Crippen LogP contribution in [0.3, 0.4) is 0 Å². The number of imidazole rings is 1. The second kappa shape index (κ2) is 5.78. The van der Waals surface area contributed by atoms with E-state index in [0.717, 1.165) is 17.9 Å². The summed E-state index contributed by atoms with van der Waals surface area (Å²) < 4.78 is 7.40. The van der Waals surface area contributed by atoms with Gasteiger partial charge in [-0.2, -0.15) is 0 Å². The lowest BCUT2D eigenvalue weighted by molar-refractivity contribution is -0.385. The lowest BCUT2D eigenvalue weighted by Gasteiger charge is -2.36. The fraction of sp³-hybridized carbons (Fsp3) is 0.533. The molecule has 8 nitrogen and oxygen atoms in total. The van der Waals surface area contributed by atoms with Crippen LogP contribution in [0.4, 0.5) is 11.6 Å². The molecule has 8 heteroatoms. The van der Waals surface area contributed by atoms with Gasteiger partial charge < -0.3 is 19.9 Å². The van der Waals surface area contributed by atoms with Crippen LogP contribution in [0.1, 0.15) is 12.0 Å². The van der Waals surface area contributed by atoms with Crippen molar-refractivity contribution in [1.29, 1.82) is 0 Å². The summed E-state index contributed by atoms with van der Waals surface area (Å²) in [5, 5.41) is 11.1. The van der Waals surface area contributed by atoms with Gasteiger partial charge in [0.1, 0.15) is 0 Å². The highest BCUT2D eigenvalue weighted by Crippen LogP contribution is 2.29. The van der Waals surface area contributed by atoms with Crippen molar-refractivity contribution >= 4 is 22.7 Å². The Kier molecular flexibility index (Phi) is 3.95. The maximum absolute atomic E-state index is 11.1. The van der Waals surface area contributed by atoms with Crippen LogP contribution < -0.4 is 10.6 Å². The zero-order valence-electron chi connectivity index (χ0n) is 13.5. The van der Waals surface area contributed by atoms with Gasteiger partial charge in [0, 0.05) is 44.9 Å². The van der Waals surface area contributed by atoms with Gasteiger partial charge in [-0.05, 0) is 19.4 Å². The van der Waals surface area contributed by atoms with Crippen molar-refractivity contribution < 1.29 is 9.66 Å². The van der Waals surface area contributed by atoms with Crippen molar-refractivity contribution in [2.45, 2.75) is 25.5 Å². The molecule has 0 amide bonds. The van der Waals surface area contributed by atoms with Crippen LogP contribution in [-0.4, -0.2) is 46.8 Å². The molecule has 3 rings (SSSR count). The number of nitro benzene ring substituents is 1. The Morgan fingerprint density at radius 2 is 2.17 bits per heavy atom. The molecule has 23 heavy (non-hydrogen) atoms. The first-order chi connectivity index (χ1) is 10.9. The molecule has 0 spiro atoms. The molecule has 2 heterocycles. The van der Waals surface area contributed by atoms with Crippen molar-refractivity contribution in [2.75, 3.05) is 25.1 Å². The highest BCUT2D eigenvalue weighted by Gasteiger charge is 2.28. The van der Waals surface area contributed by atoms with Crippen molar-refractivity contribution in [3.8, 4) is 0 Å². The van der Waals surface area contributed by atoms with E-state index >= 15 is 0 Å². The van der Waals surface area contributed by atoms with Gasteiger partial charge in [0.25, 0.3) is 5.69 Å². The van der Waals surface area contributed by atoms with Crippen LogP contribution in [0.5, 0.6) is 0 Å². The number of rotatable bonds is 3. The van der Waals surface area contributed by atoms with E-state index in [9.17, 15) is 10.1 Å². The van der Waals surface area contributed by atoms with Gasteiger partial charge in [-0.25, -0.2) is 4.98 Å². The zero-order valence-corrected chi connectivity index (χ0v) is 13.5. The number of fused-ring (bicyclic) bond motifs is 1. The second-order valence-electron chi connectivity index (χ2n) is 6.11. The maximum atomic E-state index is 11.1. The van der Waals surface area contributed by atoms with E-state index in [2.05, 4.69) is 9.88 Å². The molecule has 0 aliphatic carbocycles. The van der Waals surface area contributed by atoms with Crippen molar-refractivity contribution in [2.24, 2.45) is 12.8 Å². The normalized spacial score (nSPS) is 21.8. The number of anilines is 1. The minimum atomic E-state index is -0.374. The third kappa shape index (κ3) is 2.75. The first-order valence-electron chi connectivity index (χ1n) is 7.55. The molecular formula is C15H21N5O3. The zero-order chi connectivity index (χ0) is 16.7. The number of hydrogen-bond donors (Lipinski definition) is 1. The monoisotopic (exact) mass is 319 g/mol. The summed E-state index contributed by atoms with van der Waals surface area (Å²) in [5.74, 6) is 0.761. The van der Waals surface area contributed by atoms with Gasteiger partial charge in [-0.1, -0.05) is 0 Å². The molecule has 1 aliphatic rings. The number of nitro groups is 1. The van der Waals surface area contributed by atoms with E-state index < -0.39 is 0 Å². The molecule has 1 saturated heterocycles. The lowest BCUT2D eigenvalue weighted by atomic mass is 10.0. The summed E-state index contributed by atoms with van der Waals surface area (Å²) >= 11 is 0. The first-order valence-corrected chi connectivity index (χ1v) is 7.55. The van der Waals surface area contributed by atoms with Crippen LogP contribution in [0.15, 0.2) is 12.1 Å². The fourth-order valence-corrected chi connectivity index (χ4v) is 3.22. The van der Waals surface area contributed by atoms with Gasteiger partial charge >= 0.3 is 0 Å². The Hall–Kier alpha value is -2.19. The topological polar surface area (TPSA) is 99.5 Å². The van der Waals surface area contributed by atoms with Gasteiger partial charge in [0.15, 0.2) is 0 Å². The minimum absolute atomic E-state index is 0.0181. The van der Waals surface area contributed by atoms with Gasteiger partial charge in [-0.15, -0.1) is 0 Å². The Morgan fingerprint density at radius 3 is 2.83 bits per heavy atom. The smallest absolute Gasteiger partial charge is 0.274 e. The number of piperidine rings is 1. The number of nitrogens with zero attached hydrogens (tertiary/aromatic N) is 4. The third-order valence-electron chi connectivity index (χ3n) is 4.43. The summed E-state index contributed by atoms with van der Waals surface area (Å²) in [6.07, 6.45) is 0.885. The average molecular weight is 319 g/mol. The first kappa shape index (κ1) is 15.7. The van der Waals surface area contributed by atoms with Crippen LogP contribution >= 0.6 is 0 Å². The molecule has 1 fully saturated rings. The largest absolute Gasteiger partial charge is 0.380 e. The van der Waals surface area contributed by atoms with Gasteiger partial charge in [-0.3, -0.25) is 10.1 Å². The molecule has 1 aromatic heterocycles. The van der Waals surface area contributed by atoms with Crippen LogP contribution in [0.2, 0.25) is 0 Å². The minimum Gasteiger partial charge on any atom is -0.380 e. The molecule has 2 atom stereocenters. The quantitative estimate of drug-likeness (QED) is 0.677. The van der Waals surface area contributed by atoms with Gasteiger partial charge in [0.05, 0.1) is 22.1 Å². The molecule has 0 radical (unpaired) electrons. The van der Waals surface area contributed by atoms with E-state index in [1.807, 2.05) is 17.7 Å². The number of benzene rings is 1. The van der Waals surface area contributed by atoms with E-state index in [1.54, 1.807) is 14.0 Å². The summed E-state index contributed by atoms with van der Waals surface area (Å²) in [4.78, 5) is 17.4. The Bertz CT molecular complexity index is 757. The molecule has 1 unspecified atom stereocenters. The highest BCUT2D eigenvalue weighted by atomic mass is 16.6. The summed E-state index contributed by atoms with van der Waals surface area (Å²) in [6, 6.07) is 3.36. The number of aromatic nitrogens is 2. The Morgan fingerprint density at radius 1 is 1.43 bits per heavy atom. The van der Waals surface area contributed by atoms with Crippen LogP contribution in [0.25, 0.3) is 11.0 Å². The van der Waals surface area contributed by atoms with Crippen molar-refractivity contribution in [3.63, 3.8) is 0 Å². The fourth-order valence-electron chi connectivity index (χ4n) is 3.22. The molecule has 1 aromatic carbocycles. The maximum Gasteiger partial charge on any atom is 0.274 e. The number of methoxy groups -OCH3 is 1. The van der Waals surface area contributed by atoms with E-state index in [0.29, 0.717) is 24.2 Å². The number of hydrogen-bond acceptors (Lipinski definition) is 6. The van der Waals surface area contributed by atoms with Crippen LogP contribution in [0, 0.1) is 17.0 Å². The van der Waals surface area contributed by atoms with Crippen molar-refractivity contribution in [1.82, 2.24) is 9.55 Å². The molecular weight excluding hydrogens is 298 g/mol. The predicted molar refractivity (Wildman–Crippen MR) is 87.7 cm³/mol. The summed E-state index contributed by atoms with van der Waals surface area (Å²) in [7, 11) is 3.60. The van der Waals surface area contributed by atoms with E-state index in [4.69, 9.17) is 10.5 Å². The molecule has 2 N–H and O–H groups in total. The SMILES string of the molecule is COC1C[C@@H](N)CN(c2nc3cc([N+](=O)[O-])c(C)cc3n2C)C1. The molecule has 124 valence electrons. The summed E-state index contributed by atoms with van der Waals surface area (Å²) in [5.41, 5.74) is 8.32. The number of ether oxygens (including phenoxy) is 1. The summed E-state index contributed by atoms with van der Waals surface area (Å²) in [6.45, 7) is 3.14. The number of aryl methyl sites for hydroxylation is 2. The van der Waals surface area contributed by atoms with E-state index in [1.165, 1.54) is 6.07 Å². The number of nitrogens with two attached hydrogens (primary N) is 1. The van der Waals surface area contributed by atoms with E-state index in [-0.39, 0.29) is 22.8 Å². The highest BCUT2D eigenvalue weighted by molar-refractivity contribution is 5.82. The van der Waals surface area contributed by atoms with Gasteiger partial charge in [0.2, 0.25) is 5.95 Å². The lowest BCUT2D eigenvalue weighted by Crippen LogP contribution is -2.50. The molecule has 2 aromatic rings. The average Bonchev–Trinajstić information content (AvgIpc) is 2.82. The second-order valence-corrected chi connectivity index (χ2v) is 6.11. The van der Waals surface area contributed by atoms with Crippen LogP contribution in [-0.2, 0) is 11.8 Å². The Labute approximate surface area is 134 Å². The molecule has 0 saturated carbocycles. The predicted octanol–water partition coefficient (Wildman–Crippen LogP) is 1.34. The third-order valence-corrected chi connectivity index (χ3v) is 4.43. The Balaban J connectivity index is 2.04. The standard InChI is InChI=1S/C15H21N5O3/c1-9-4-14-12(6-13(9)20(21)22)17-15(18(14)2)19-7-10(16)5-11(8-19)23-3/h4,6,10-11H,5,7-8,16H2,1-3H3/t10-,11?/m1/s1.